The number of furan rings is 1. The first-order valence-electron chi connectivity index (χ1n) is 6.72. The lowest BCUT2D eigenvalue weighted by atomic mass is 10.1. The summed E-state index contributed by atoms with van der Waals surface area (Å²) in [4.78, 5) is 11.7. The van der Waals surface area contributed by atoms with Gasteiger partial charge in [-0.1, -0.05) is 30.3 Å². The molecule has 0 aliphatic carbocycles. The Morgan fingerprint density at radius 3 is 2.76 bits per heavy atom. The minimum atomic E-state index is -0.213. The molecule has 2 aromatic heterocycles. The van der Waals surface area contributed by atoms with Gasteiger partial charge >= 0.3 is 0 Å². The van der Waals surface area contributed by atoms with Crippen molar-refractivity contribution in [1.29, 1.82) is 0 Å². The molecule has 5 heteroatoms. The molecular weight excluding hydrogens is 266 g/mol. The molecular formula is C16H15N3O2. The number of carbonyl (C=O) groups excluding carboxylic acids is 1. The lowest BCUT2D eigenvalue weighted by Crippen LogP contribution is -2.26. The van der Waals surface area contributed by atoms with Crippen LogP contribution in [0.5, 0.6) is 0 Å². The van der Waals surface area contributed by atoms with Gasteiger partial charge in [-0.05, 0) is 17.7 Å². The Bertz CT molecular complexity index is 702. The molecule has 3 aromatic rings. The van der Waals surface area contributed by atoms with Crippen molar-refractivity contribution in [2.24, 2.45) is 0 Å². The fraction of sp³-hybridized carbons (Fsp3) is 0.125. The van der Waals surface area contributed by atoms with E-state index >= 15 is 0 Å². The zero-order valence-electron chi connectivity index (χ0n) is 11.4. The topological polar surface area (TPSA) is 60.1 Å². The van der Waals surface area contributed by atoms with Crippen LogP contribution in [-0.4, -0.2) is 22.2 Å². The van der Waals surface area contributed by atoms with Gasteiger partial charge in [0.15, 0.2) is 5.76 Å². The molecule has 0 unspecified atom stereocenters. The van der Waals surface area contributed by atoms with Crippen molar-refractivity contribution in [3.05, 3.63) is 66.9 Å². The maximum absolute atomic E-state index is 11.7. The molecule has 2 heterocycles. The number of rotatable bonds is 5. The molecule has 1 aromatic carbocycles. The van der Waals surface area contributed by atoms with Crippen molar-refractivity contribution in [3.63, 3.8) is 0 Å². The highest BCUT2D eigenvalue weighted by molar-refractivity contribution is 5.91. The average Bonchev–Trinajstić information content (AvgIpc) is 3.20. The smallest absolute Gasteiger partial charge is 0.287 e. The monoisotopic (exact) mass is 281 g/mol. The summed E-state index contributed by atoms with van der Waals surface area (Å²) in [6.45, 7) is 1.11. The van der Waals surface area contributed by atoms with Crippen LogP contribution in [0.2, 0.25) is 0 Å². The summed E-state index contributed by atoms with van der Waals surface area (Å²) in [5.74, 6) is 0.107. The van der Waals surface area contributed by atoms with Gasteiger partial charge in [-0.2, -0.15) is 5.10 Å². The second-order valence-electron chi connectivity index (χ2n) is 4.59. The Morgan fingerprint density at radius 2 is 2.00 bits per heavy atom. The van der Waals surface area contributed by atoms with Crippen LogP contribution >= 0.6 is 0 Å². The van der Waals surface area contributed by atoms with Gasteiger partial charge in [0, 0.05) is 18.3 Å². The Labute approximate surface area is 122 Å². The summed E-state index contributed by atoms with van der Waals surface area (Å²) in [7, 11) is 0. The molecule has 5 nitrogen and oxygen atoms in total. The van der Waals surface area contributed by atoms with Gasteiger partial charge in [0.05, 0.1) is 19.0 Å². The van der Waals surface area contributed by atoms with Crippen molar-refractivity contribution >= 4 is 5.91 Å². The van der Waals surface area contributed by atoms with Crippen molar-refractivity contribution in [3.8, 4) is 11.1 Å². The minimum absolute atomic E-state index is 0.213. The number of nitrogens with zero attached hydrogens (tertiary/aromatic N) is 2. The minimum Gasteiger partial charge on any atom is -0.459 e. The summed E-state index contributed by atoms with van der Waals surface area (Å²) in [6, 6.07) is 13.4. The molecule has 0 saturated heterocycles. The van der Waals surface area contributed by atoms with Gasteiger partial charge in [0.25, 0.3) is 5.91 Å². The fourth-order valence-corrected chi connectivity index (χ4v) is 2.04. The standard InChI is InChI=1S/C16H15N3O2/c20-16(15-7-4-10-21-15)17-8-9-19-12-14(11-18-19)13-5-2-1-3-6-13/h1-7,10-12H,8-9H2,(H,17,20). The van der Waals surface area contributed by atoms with Crippen LogP contribution in [0.25, 0.3) is 11.1 Å². The number of amides is 1. The van der Waals surface area contributed by atoms with E-state index in [1.807, 2.05) is 47.4 Å². The molecule has 0 bridgehead atoms. The number of nitrogens with one attached hydrogen (secondary N) is 1. The molecule has 1 N–H and O–H groups in total. The molecule has 1 amide bonds. The molecule has 21 heavy (non-hydrogen) atoms. The van der Waals surface area contributed by atoms with Crippen molar-refractivity contribution in [2.75, 3.05) is 6.54 Å². The number of hydrogen-bond donors (Lipinski definition) is 1. The first-order valence-corrected chi connectivity index (χ1v) is 6.72. The maximum atomic E-state index is 11.7. The predicted octanol–water partition coefficient (Wildman–Crippen LogP) is 2.57. The molecule has 0 aliphatic rings. The van der Waals surface area contributed by atoms with Crippen molar-refractivity contribution in [1.82, 2.24) is 15.1 Å². The van der Waals surface area contributed by atoms with Crippen molar-refractivity contribution < 1.29 is 9.21 Å². The third kappa shape index (κ3) is 3.20. The molecule has 0 radical (unpaired) electrons. The predicted molar refractivity (Wildman–Crippen MR) is 78.7 cm³/mol. The SMILES string of the molecule is O=C(NCCn1cc(-c2ccccc2)cn1)c1ccco1. The summed E-state index contributed by atoms with van der Waals surface area (Å²) in [5.41, 5.74) is 2.19. The van der Waals surface area contributed by atoms with Gasteiger partial charge in [-0.3, -0.25) is 9.48 Å². The van der Waals surface area contributed by atoms with Crippen LogP contribution < -0.4 is 5.32 Å². The lowest BCUT2D eigenvalue weighted by molar-refractivity contribution is 0.0924. The van der Waals surface area contributed by atoms with Crippen LogP contribution in [-0.2, 0) is 6.54 Å². The Hall–Kier alpha value is -2.82. The van der Waals surface area contributed by atoms with Gasteiger partial charge in [-0.15, -0.1) is 0 Å². The van der Waals surface area contributed by atoms with Crippen LogP contribution in [0.3, 0.4) is 0 Å². The molecule has 106 valence electrons. The number of benzene rings is 1. The number of aromatic nitrogens is 2. The van der Waals surface area contributed by atoms with E-state index in [4.69, 9.17) is 4.42 Å². The molecule has 3 rings (SSSR count). The van der Waals surface area contributed by atoms with Crippen LogP contribution in [0.15, 0.2) is 65.5 Å². The van der Waals surface area contributed by atoms with Crippen molar-refractivity contribution in [2.45, 2.75) is 6.54 Å². The molecule has 0 fully saturated rings. The van der Waals surface area contributed by atoms with Crippen LogP contribution in [0.1, 0.15) is 10.6 Å². The van der Waals surface area contributed by atoms with E-state index in [9.17, 15) is 4.79 Å². The normalized spacial score (nSPS) is 10.5. The van der Waals surface area contributed by atoms with E-state index in [0.717, 1.165) is 11.1 Å². The van der Waals surface area contributed by atoms with Gasteiger partial charge < -0.3 is 9.73 Å². The Balaban J connectivity index is 1.55. The lowest BCUT2D eigenvalue weighted by Gasteiger charge is -2.03. The van der Waals surface area contributed by atoms with E-state index in [-0.39, 0.29) is 5.91 Å². The molecule has 0 spiro atoms. The first-order chi connectivity index (χ1) is 10.3. The second-order valence-corrected chi connectivity index (χ2v) is 4.59. The van der Waals surface area contributed by atoms with Gasteiger partial charge in [0.1, 0.15) is 0 Å². The highest BCUT2D eigenvalue weighted by Gasteiger charge is 2.07. The summed E-state index contributed by atoms with van der Waals surface area (Å²) >= 11 is 0. The zero-order chi connectivity index (χ0) is 14.5. The number of hydrogen-bond acceptors (Lipinski definition) is 3. The maximum Gasteiger partial charge on any atom is 0.287 e. The third-order valence-corrected chi connectivity index (χ3v) is 3.11. The number of carbonyl (C=O) groups is 1. The zero-order valence-corrected chi connectivity index (χ0v) is 11.4. The second kappa shape index (κ2) is 6.09. The van der Waals surface area contributed by atoms with E-state index in [2.05, 4.69) is 10.4 Å². The summed E-state index contributed by atoms with van der Waals surface area (Å²) in [6.07, 6.45) is 5.27. The average molecular weight is 281 g/mol. The van der Waals surface area contributed by atoms with E-state index in [0.29, 0.717) is 18.8 Å². The Morgan fingerprint density at radius 1 is 1.14 bits per heavy atom. The third-order valence-electron chi connectivity index (χ3n) is 3.11. The molecule has 0 aliphatic heterocycles. The van der Waals surface area contributed by atoms with Gasteiger partial charge in [0.2, 0.25) is 0 Å². The van der Waals surface area contributed by atoms with Crippen LogP contribution in [0, 0.1) is 0 Å². The fourth-order valence-electron chi connectivity index (χ4n) is 2.04. The van der Waals surface area contributed by atoms with E-state index in [1.54, 1.807) is 12.1 Å². The quantitative estimate of drug-likeness (QED) is 0.782. The van der Waals surface area contributed by atoms with E-state index in [1.165, 1.54) is 6.26 Å². The Kier molecular flexibility index (Phi) is 3.82. The highest BCUT2D eigenvalue weighted by atomic mass is 16.3. The summed E-state index contributed by atoms with van der Waals surface area (Å²) in [5, 5.41) is 7.08. The highest BCUT2D eigenvalue weighted by Crippen LogP contribution is 2.17. The van der Waals surface area contributed by atoms with E-state index < -0.39 is 0 Å². The molecule has 0 atom stereocenters. The summed E-state index contributed by atoms with van der Waals surface area (Å²) < 4.78 is 6.84. The first kappa shape index (κ1) is 13.2. The largest absolute Gasteiger partial charge is 0.459 e. The molecule has 0 saturated carbocycles. The van der Waals surface area contributed by atoms with Gasteiger partial charge in [-0.25, -0.2) is 0 Å². The van der Waals surface area contributed by atoms with Crippen LogP contribution in [0.4, 0.5) is 0 Å².